The van der Waals surface area contributed by atoms with Gasteiger partial charge in [-0.2, -0.15) is 0 Å². The molecule has 0 aliphatic rings. The molecule has 0 bridgehead atoms. The molecule has 0 radical (unpaired) electrons. The summed E-state index contributed by atoms with van der Waals surface area (Å²) >= 11 is 0. The first-order valence-electron chi connectivity index (χ1n) is 7.76. The maximum atomic E-state index is 12.3. The number of pyridine rings is 1. The van der Waals surface area contributed by atoms with Gasteiger partial charge in [0.15, 0.2) is 6.61 Å². The van der Waals surface area contributed by atoms with Crippen molar-refractivity contribution in [3.63, 3.8) is 0 Å². The third kappa shape index (κ3) is 4.11. The Labute approximate surface area is 144 Å². The Hall–Kier alpha value is -3.41. The van der Waals surface area contributed by atoms with E-state index in [-0.39, 0.29) is 6.61 Å². The summed E-state index contributed by atoms with van der Waals surface area (Å²) < 4.78 is 5.38. The number of aryl methyl sites for hydroxylation is 1. The van der Waals surface area contributed by atoms with Gasteiger partial charge in [-0.1, -0.05) is 30.3 Å². The maximum Gasteiger partial charge on any atom is 0.276 e. The molecule has 0 spiro atoms. The number of hydrogen-bond acceptors (Lipinski definition) is 4. The number of fused-ring (bicyclic) bond motifs is 1. The van der Waals surface area contributed by atoms with E-state index in [0.717, 1.165) is 10.9 Å². The van der Waals surface area contributed by atoms with E-state index in [4.69, 9.17) is 4.74 Å². The lowest BCUT2D eigenvalue weighted by atomic mass is 10.1. The number of carbonyl (C=O) groups is 2. The van der Waals surface area contributed by atoms with Crippen LogP contribution in [-0.4, -0.2) is 23.4 Å². The second kappa shape index (κ2) is 7.44. The predicted molar refractivity (Wildman–Crippen MR) is 94.0 cm³/mol. The molecular weight excluding hydrogens is 318 g/mol. The quantitative estimate of drug-likeness (QED) is 0.718. The third-order valence-electron chi connectivity index (χ3n) is 3.55. The van der Waals surface area contributed by atoms with Crippen LogP contribution in [0.15, 0.2) is 60.8 Å². The van der Waals surface area contributed by atoms with Crippen molar-refractivity contribution in [1.29, 1.82) is 0 Å². The van der Waals surface area contributed by atoms with Crippen LogP contribution in [0.2, 0.25) is 0 Å². The van der Waals surface area contributed by atoms with Crippen LogP contribution in [0.1, 0.15) is 15.9 Å². The molecule has 6 nitrogen and oxygen atoms in total. The lowest BCUT2D eigenvalue weighted by Gasteiger charge is -2.10. The first-order chi connectivity index (χ1) is 12.1. The third-order valence-corrected chi connectivity index (χ3v) is 3.55. The minimum absolute atomic E-state index is 0.197. The lowest BCUT2D eigenvalue weighted by molar-refractivity contribution is -0.123. The molecule has 0 aliphatic heterocycles. The van der Waals surface area contributed by atoms with Gasteiger partial charge in [0.05, 0.1) is 11.1 Å². The van der Waals surface area contributed by atoms with Gasteiger partial charge in [-0.15, -0.1) is 0 Å². The largest absolute Gasteiger partial charge is 0.484 e. The minimum atomic E-state index is -0.456. The highest BCUT2D eigenvalue weighted by atomic mass is 16.5. The number of rotatable bonds is 4. The smallest absolute Gasteiger partial charge is 0.276 e. The number of hydrogen-bond donors (Lipinski definition) is 2. The summed E-state index contributed by atoms with van der Waals surface area (Å²) in [4.78, 5) is 28.3. The monoisotopic (exact) mass is 335 g/mol. The molecule has 3 rings (SSSR count). The average molecular weight is 335 g/mol. The number of ether oxygens (including phenoxy) is 1. The van der Waals surface area contributed by atoms with E-state index in [0.29, 0.717) is 16.8 Å². The fourth-order valence-corrected chi connectivity index (χ4v) is 2.37. The fourth-order valence-electron chi connectivity index (χ4n) is 2.37. The number of benzene rings is 2. The Kier molecular flexibility index (Phi) is 4.89. The van der Waals surface area contributed by atoms with Crippen LogP contribution in [0.3, 0.4) is 0 Å². The van der Waals surface area contributed by atoms with Crippen LogP contribution < -0.4 is 15.6 Å². The van der Waals surface area contributed by atoms with E-state index in [2.05, 4.69) is 15.8 Å². The Bertz CT molecular complexity index is 919. The first kappa shape index (κ1) is 16.4. The maximum absolute atomic E-state index is 12.3. The van der Waals surface area contributed by atoms with Crippen molar-refractivity contribution in [2.45, 2.75) is 6.92 Å². The van der Waals surface area contributed by atoms with Crippen molar-refractivity contribution >= 4 is 22.7 Å². The van der Waals surface area contributed by atoms with Gasteiger partial charge >= 0.3 is 0 Å². The Morgan fingerprint density at radius 2 is 1.84 bits per heavy atom. The van der Waals surface area contributed by atoms with Crippen molar-refractivity contribution in [2.24, 2.45) is 0 Å². The van der Waals surface area contributed by atoms with Crippen LogP contribution in [0.4, 0.5) is 0 Å². The van der Waals surface area contributed by atoms with E-state index < -0.39 is 11.8 Å². The molecule has 3 aromatic rings. The van der Waals surface area contributed by atoms with Crippen LogP contribution in [0.25, 0.3) is 10.9 Å². The second-order valence-corrected chi connectivity index (χ2v) is 5.49. The molecule has 0 aliphatic carbocycles. The molecule has 25 heavy (non-hydrogen) atoms. The normalized spacial score (nSPS) is 10.3. The molecule has 0 unspecified atom stereocenters. The van der Waals surface area contributed by atoms with E-state index in [9.17, 15) is 9.59 Å². The molecule has 0 fully saturated rings. The molecule has 0 saturated heterocycles. The lowest BCUT2D eigenvalue weighted by Crippen LogP contribution is -2.43. The highest BCUT2D eigenvalue weighted by Gasteiger charge is 2.12. The number of nitrogens with zero attached hydrogens (tertiary/aromatic N) is 1. The van der Waals surface area contributed by atoms with E-state index >= 15 is 0 Å². The number of nitrogens with one attached hydrogen (secondary N) is 2. The topological polar surface area (TPSA) is 80.3 Å². The van der Waals surface area contributed by atoms with Crippen molar-refractivity contribution in [2.75, 3.05) is 6.61 Å². The summed E-state index contributed by atoms with van der Waals surface area (Å²) in [5.41, 5.74) is 6.72. The summed E-state index contributed by atoms with van der Waals surface area (Å²) in [5.74, 6) is -0.295. The number of amides is 2. The van der Waals surface area contributed by atoms with E-state index in [1.807, 2.05) is 37.3 Å². The van der Waals surface area contributed by atoms with Crippen LogP contribution in [0, 0.1) is 6.92 Å². The molecule has 0 atom stereocenters. The molecular formula is C19H17N3O3. The van der Waals surface area contributed by atoms with Crippen molar-refractivity contribution in [3.8, 4) is 5.75 Å². The van der Waals surface area contributed by atoms with Gasteiger partial charge in [-0.3, -0.25) is 25.4 Å². The molecule has 6 heteroatoms. The molecule has 1 aromatic heterocycles. The van der Waals surface area contributed by atoms with Crippen molar-refractivity contribution < 1.29 is 14.3 Å². The number of hydrazine groups is 1. The van der Waals surface area contributed by atoms with Gasteiger partial charge in [0.1, 0.15) is 5.75 Å². The van der Waals surface area contributed by atoms with Crippen molar-refractivity contribution in [1.82, 2.24) is 15.8 Å². The molecule has 2 N–H and O–H groups in total. The highest BCUT2D eigenvalue weighted by molar-refractivity contribution is 6.05. The number of aromatic nitrogens is 1. The van der Waals surface area contributed by atoms with Gasteiger partial charge in [-0.25, -0.2) is 0 Å². The van der Waals surface area contributed by atoms with Gasteiger partial charge in [0, 0.05) is 11.6 Å². The minimum Gasteiger partial charge on any atom is -0.484 e. The standard InChI is InChI=1S/C19H17N3O3/c1-13-5-2-8-15(11-13)25-12-17(23)21-22-19(24)16-9-3-6-14-7-4-10-20-18(14)16/h2-11H,12H2,1H3,(H,21,23)(H,22,24). The van der Waals surface area contributed by atoms with Crippen LogP contribution >= 0.6 is 0 Å². The zero-order valence-electron chi connectivity index (χ0n) is 13.7. The first-order valence-corrected chi connectivity index (χ1v) is 7.76. The van der Waals surface area contributed by atoms with Gasteiger partial charge in [0.2, 0.25) is 0 Å². The highest BCUT2D eigenvalue weighted by Crippen LogP contribution is 2.15. The summed E-state index contributed by atoms with van der Waals surface area (Å²) in [6.07, 6.45) is 1.62. The molecule has 1 heterocycles. The summed E-state index contributed by atoms with van der Waals surface area (Å²) in [5, 5.41) is 0.851. The number of para-hydroxylation sites is 1. The zero-order chi connectivity index (χ0) is 17.6. The van der Waals surface area contributed by atoms with Gasteiger partial charge < -0.3 is 4.74 Å². The Morgan fingerprint density at radius 3 is 2.68 bits per heavy atom. The molecule has 0 saturated carbocycles. The zero-order valence-corrected chi connectivity index (χ0v) is 13.7. The summed E-state index contributed by atoms with van der Waals surface area (Å²) in [6, 6.07) is 16.3. The SMILES string of the molecule is Cc1cccc(OCC(=O)NNC(=O)c2cccc3cccnc23)c1. The Balaban J connectivity index is 1.57. The van der Waals surface area contributed by atoms with Crippen LogP contribution in [0.5, 0.6) is 5.75 Å². The Morgan fingerprint density at radius 1 is 1.04 bits per heavy atom. The molecule has 2 amide bonds. The number of carbonyl (C=O) groups excluding carboxylic acids is 2. The van der Waals surface area contributed by atoms with Gasteiger partial charge in [-0.05, 0) is 36.8 Å². The van der Waals surface area contributed by atoms with Crippen LogP contribution in [-0.2, 0) is 4.79 Å². The molecule has 2 aromatic carbocycles. The molecule has 126 valence electrons. The second-order valence-electron chi connectivity index (χ2n) is 5.49. The van der Waals surface area contributed by atoms with Crippen molar-refractivity contribution in [3.05, 3.63) is 71.9 Å². The summed E-state index contributed by atoms with van der Waals surface area (Å²) in [7, 11) is 0. The summed E-state index contributed by atoms with van der Waals surface area (Å²) in [6.45, 7) is 1.74. The van der Waals surface area contributed by atoms with E-state index in [1.54, 1.807) is 30.5 Å². The predicted octanol–water partition coefficient (Wildman–Crippen LogP) is 2.38. The van der Waals surface area contributed by atoms with E-state index in [1.165, 1.54) is 0 Å². The fraction of sp³-hybridized carbons (Fsp3) is 0.105. The average Bonchev–Trinajstić information content (AvgIpc) is 2.64. The van der Waals surface area contributed by atoms with Gasteiger partial charge in [0.25, 0.3) is 11.8 Å².